The van der Waals surface area contributed by atoms with Gasteiger partial charge in [0, 0.05) is 14.2 Å². The van der Waals surface area contributed by atoms with Gasteiger partial charge in [0.15, 0.2) is 8.80 Å². The molecule has 2 aromatic rings. The zero-order valence-electron chi connectivity index (χ0n) is 10.7. The molecule has 0 aliphatic heterocycles. The molecule has 2 nitrogen and oxygen atoms in total. The topological polar surface area (TPSA) is 18.5 Å². The molecule has 0 radical (unpaired) electrons. The van der Waals surface area contributed by atoms with E-state index in [-0.39, 0.29) is 5.91 Å². The van der Waals surface area contributed by atoms with Gasteiger partial charge < -0.3 is 9.47 Å². The van der Waals surface area contributed by atoms with E-state index < -0.39 is 8.80 Å². The lowest BCUT2D eigenvalue weighted by Crippen LogP contribution is -2.53. The summed E-state index contributed by atoms with van der Waals surface area (Å²) in [4.78, 5) is 0. The highest BCUT2D eigenvalue weighted by Crippen LogP contribution is 2.01. The molecule has 0 heterocycles. The van der Waals surface area contributed by atoms with Gasteiger partial charge in [0.25, 0.3) is 0 Å². The molecule has 0 aliphatic carbocycles. The molecular weight excluding hydrogens is 240 g/mol. The van der Waals surface area contributed by atoms with Gasteiger partial charge in [-0.1, -0.05) is 71.0 Å². The van der Waals surface area contributed by atoms with Crippen LogP contribution in [0.5, 0.6) is 0 Å². The van der Waals surface area contributed by atoms with Crippen LogP contribution in [0, 0.1) is 0 Å². The number of hydrogen-bond acceptors (Lipinski definition) is 2. The van der Waals surface area contributed by atoms with Crippen molar-refractivity contribution >= 4 is 19.2 Å². The molecule has 0 amide bonds. The van der Waals surface area contributed by atoms with Crippen molar-refractivity contribution < 1.29 is 9.47 Å². The highest BCUT2D eigenvalue weighted by molar-refractivity contribution is 6.85. The molecule has 2 rings (SSSR count). The van der Waals surface area contributed by atoms with Gasteiger partial charge in [0.05, 0.1) is 0 Å². The van der Waals surface area contributed by atoms with Crippen LogP contribution in [0.15, 0.2) is 60.7 Å². The summed E-state index contributed by atoms with van der Waals surface area (Å²) < 4.78 is 11.0. The summed E-state index contributed by atoms with van der Waals surface area (Å²) >= 11 is 0. The molecule has 0 N–H and O–H groups in total. The molecule has 0 unspecified atom stereocenters. The Balaban J connectivity index is 2.41. The quantitative estimate of drug-likeness (QED) is 0.592. The van der Waals surface area contributed by atoms with Gasteiger partial charge in [-0.25, -0.2) is 0 Å². The van der Waals surface area contributed by atoms with E-state index in [4.69, 9.17) is 9.47 Å². The summed E-state index contributed by atoms with van der Waals surface area (Å²) in [7, 11) is 1.91. The minimum atomic E-state index is -1.51. The third-order valence-corrected chi connectivity index (χ3v) is 6.35. The van der Waals surface area contributed by atoms with Gasteiger partial charge in [0.2, 0.25) is 0 Å². The van der Waals surface area contributed by atoms with Crippen LogP contribution in [0.1, 0.15) is 0 Å². The predicted molar refractivity (Wildman–Crippen MR) is 77.1 cm³/mol. The molecule has 2 aromatic carbocycles. The lowest BCUT2D eigenvalue weighted by molar-refractivity contribution is -0.0448. The Morgan fingerprint density at radius 3 is 1.44 bits per heavy atom. The number of hydrogen-bond donors (Lipinski definition) is 0. The SMILES string of the molecule is COC(OC)[SiH](c1ccccc1)c1ccccc1. The van der Waals surface area contributed by atoms with Crippen molar-refractivity contribution in [2.24, 2.45) is 0 Å². The Kier molecular flexibility index (Phi) is 4.70. The van der Waals surface area contributed by atoms with Crippen LogP contribution in [0.25, 0.3) is 0 Å². The second-order valence-corrected chi connectivity index (χ2v) is 6.97. The predicted octanol–water partition coefficient (Wildman–Crippen LogP) is 1.19. The third-order valence-electron chi connectivity index (χ3n) is 3.05. The van der Waals surface area contributed by atoms with Crippen LogP contribution in [0.4, 0.5) is 0 Å². The first-order valence-electron chi connectivity index (χ1n) is 6.02. The summed E-state index contributed by atoms with van der Waals surface area (Å²) in [5, 5.41) is 2.66. The minimum Gasteiger partial charge on any atom is -0.359 e. The molecule has 0 saturated heterocycles. The Bertz CT molecular complexity index is 415. The summed E-state index contributed by atoms with van der Waals surface area (Å²) in [6, 6.07) is 21.0. The molecule has 0 aliphatic rings. The maximum Gasteiger partial charge on any atom is 0.167 e. The van der Waals surface area contributed by atoms with Crippen LogP contribution in [0.3, 0.4) is 0 Å². The molecule has 0 saturated carbocycles. The van der Waals surface area contributed by atoms with E-state index in [9.17, 15) is 0 Å². The van der Waals surface area contributed by atoms with Gasteiger partial charge in [-0.2, -0.15) is 0 Å². The van der Waals surface area contributed by atoms with Gasteiger partial charge in [0.1, 0.15) is 5.91 Å². The average molecular weight is 258 g/mol. The fourth-order valence-corrected chi connectivity index (χ4v) is 5.03. The lowest BCUT2D eigenvalue weighted by atomic mass is 10.4. The largest absolute Gasteiger partial charge is 0.359 e. The van der Waals surface area contributed by atoms with Gasteiger partial charge in [-0.15, -0.1) is 0 Å². The molecule has 94 valence electrons. The highest BCUT2D eigenvalue weighted by Gasteiger charge is 2.26. The molecule has 0 fully saturated rings. The van der Waals surface area contributed by atoms with Crippen molar-refractivity contribution in [3.05, 3.63) is 60.7 Å². The van der Waals surface area contributed by atoms with Crippen molar-refractivity contribution in [1.82, 2.24) is 0 Å². The van der Waals surface area contributed by atoms with E-state index in [0.29, 0.717) is 0 Å². The fraction of sp³-hybridized carbons (Fsp3) is 0.200. The Morgan fingerprint density at radius 2 is 1.11 bits per heavy atom. The maximum absolute atomic E-state index is 5.51. The Labute approximate surface area is 110 Å². The summed E-state index contributed by atoms with van der Waals surface area (Å²) in [6.45, 7) is 0. The van der Waals surface area contributed by atoms with Crippen LogP contribution < -0.4 is 10.4 Å². The molecule has 0 bridgehead atoms. The first kappa shape index (κ1) is 13.0. The molecular formula is C15H18O2Si. The smallest absolute Gasteiger partial charge is 0.167 e. The van der Waals surface area contributed by atoms with E-state index in [1.807, 2.05) is 12.1 Å². The third kappa shape index (κ3) is 2.87. The van der Waals surface area contributed by atoms with E-state index in [2.05, 4.69) is 48.5 Å². The zero-order chi connectivity index (χ0) is 12.8. The summed E-state index contributed by atoms with van der Waals surface area (Å²) in [6.07, 6.45) is 0. The molecule has 3 heteroatoms. The van der Waals surface area contributed by atoms with E-state index in [1.54, 1.807) is 14.2 Å². The number of methoxy groups -OCH3 is 2. The van der Waals surface area contributed by atoms with Crippen molar-refractivity contribution in [2.75, 3.05) is 14.2 Å². The lowest BCUT2D eigenvalue weighted by Gasteiger charge is -2.24. The number of benzene rings is 2. The van der Waals surface area contributed by atoms with Crippen molar-refractivity contribution in [2.45, 2.75) is 5.91 Å². The fourth-order valence-electron chi connectivity index (χ4n) is 2.20. The maximum atomic E-state index is 5.51. The van der Waals surface area contributed by atoms with Crippen LogP contribution >= 0.6 is 0 Å². The zero-order valence-corrected chi connectivity index (χ0v) is 11.9. The van der Waals surface area contributed by atoms with Crippen LogP contribution in [-0.4, -0.2) is 28.9 Å². The monoisotopic (exact) mass is 258 g/mol. The van der Waals surface area contributed by atoms with Crippen LogP contribution in [-0.2, 0) is 9.47 Å². The van der Waals surface area contributed by atoms with Crippen molar-refractivity contribution in [3.63, 3.8) is 0 Å². The number of ether oxygens (including phenoxy) is 2. The second-order valence-electron chi connectivity index (χ2n) is 4.14. The average Bonchev–Trinajstić information content (AvgIpc) is 2.46. The van der Waals surface area contributed by atoms with Gasteiger partial charge in [-0.3, -0.25) is 0 Å². The first-order valence-corrected chi connectivity index (χ1v) is 7.84. The standard InChI is InChI=1S/C15H18O2Si/c1-16-15(17-2)18(13-9-5-3-6-10-13)14-11-7-4-8-12-14/h3-12,15,18H,1-2H3. The minimum absolute atomic E-state index is 0.144. The van der Waals surface area contributed by atoms with Gasteiger partial charge in [-0.05, 0) is 0 Å². The molecule has 0 atom stereocenters. The van der Waals surface area contributed by atoms with E-state index in [0.717, 1.165) is 0 Å². The molecule has 0 aromatic heterocycles. The highest BCUT2D eigenvalue weighted by atomic mass is 28.3. The normalized spacial score (nSPS) is 11.1. The second kappa shape index (κ2) is 6.49. The van der Waals surface area contributed by atoms with Gasteiger partial charge >= 0.3 is 0 Å². The van der Waals surface area contributed by atoms with Crippen LogP contribution in [0.2, 0.25) is 0 Å². The summed E-state index contributed by atoms with van der Waals surface area (Å²) in [5.74, 6) is -0.144. The Hall–Kier alpha value is -1.42. The van der Waals surface area contributed by atoms with Crippen molar-refractivity contribution in [1.29, 1.82) is 0 Å². The molecule has 18 heavy (non-hydrogen) atoms. The summed E-state index contributed by atoms with van der Waals surface area (Å²) in [5.41, 5.74) is 0. The van der Waals surface area contributed by atoms with Crippen molar-refractivity contribution in [3.8, 4) is 0 Å². The first-order chi connectivity index (χ1) is 8.86. The molecule has 0 spiro atoms. The number of rotatable bonds is 5. The van der Waals surface area contributed by atoms with E-state index in [1.165, 1.54) is 10.4 Å². The Morgan fingerprint density at radius 1 is 0.722 bits per heavy atom. The van der Waals surface area contributed by atoms with E-state index >= 15 is 0 Å².